The lowest BCUT2D eigenvalue weighted by Crippen LogP contribution is -2.26. The second kappa shape index (κ2) is 11.5. The average Bonchev–Trinajstić information content (AvgIpc) is 4.00. The average molecular weight is 742 g/mol. The molecule has 4 aromatic heterocycles. The van der Waals surface area contributed by atoms with Crippen LogP contribution in [0.5, 0.6) is 0 Å². The highest BCUT2D eigenvalue weighted by Crippen LogP contribution is 2.63. The topological polar surface area (TPSA) is 30.2 Å². The molecular formula is C53H31N3S. The van der Waals surface area contributed by atoms with Crippen LogP contribution in [0.2, 0.25) is 0 Å². The standard InChI is InChI=1S/C53H31N3S/c1-4-12-45-40(9-1)41-10-2-5-13-46(41)53(45)47-28-36(19-22-42(47)43-23-20-37(29-48(43)53)38-8-7-25-54-30-38)34-16-15-33-27-35(18-17-32(33)26-34)39-21-24-50-55-51-44-11-3-6-14-49(44)57-52(51)56(50)31-39/h1-31H. The molecule has 264 valence electrons. The Balaban J connectivity index is 0.943. The highest BCUT2D eigenvalue weighted by molar-refractivity contribution is 7.25. The summed E-state index contributed by atoms with van der Waals surface area (Å²) < 4.78 is 3.52. The molecule has 0 saturated carbocycles. The normalized spacial score (nSPS) is 13.4. The lowest BCUT2D eigenvalue weighted by molar-refractivity contribution is 0.794. The third kappa shape index (κ3) is 4.25. The molecule has 2 aliphatic rings. The van der Waals surface area contributed by atoms with Gasteiger partial charge in [-0.1, -0.05) is 121 Å². The summed E-state index contributed by atoms with van der Waals surface area (Å²) in [6.45, 7) is 0. The lowest BCUT2D eigenvalue weighted by Gasteiger charge is -2.31. The second-order valence-electron chi connectivity index (χ2n) is 15.4. The van der Waals surface area contributed by atoms with Crippen LogP contribution in [0, 0.1) is 0 Å². The summed E-state index contributed by atoms with van der Waals surface area (Å²) in [5.41, 5.74) is 19.3. The number of pyridine rings is 2. The number of aromatic nitrogens is 3. The molecule has 0 N–H and O–H groups in total. The Morgan fingerprint density at radius 3 is 1.74 bits per heavy atom. The number of hydrogen-bond acceptors (Lipinski definition) is 3. The minimum Gasteiger partial charge on any atom is -0.290 e. The van der Waals surface area contributed by atoms with Gasteiger partial charge in [0.25, 0.3) is 0 Å². The molecule has 4 heteroatoms. The number of hydrogen-bond donors (Lipinski definition) is 0. The van der Waals surface area contributed by atoms with Gasteiger partial charge in [0, 0.05) is 28.7 Å². The smallest absolute Gasteiger partial charge is 0.138 e. The Kier molecular flexibility index (Phi) is 6.25. The van der Waals surface area contributed by atoms with E-state index >= 15 is 0 Å². The van der Waals surface area contributed by atoms with Crippen molar-refractivity contribution >= 4 is 48.2 Å². The van der Waals surface area contributed by atoms with Gasteiger partial charge in [0.15, 0.2) is 0 Å². The van der Waals surface area contributed by atoms with Crippen molar-refractivity contribution in [2.45, 2.75) is 5.41 Å². The number of fused-ring (bicyclic) bond motifs is 16. The number of rotatable bonds is 3. The first kappa shape index (κ1) is 31.1. The van der Waals surface area contributed by atoms with Crippen molar-refractivity contribution in [1.29, 1.82) is 0 Å². The first-order chi connectivity index (χ1) is 28.2. The van der Waals surface area contributed by atoms with Gasteiger partial charge in [-0.05, 0) is 137 Å². The molecule has 0 aliphatic heterocycles. The van der Waals surface area contributed by atoms with Gasteiger partial charge in [-0.2, -0.15) is 0 Å². The Morgan fingerprint density at radius 2 is 1.04 bits per heavy atom. The van der Waals surface area contributed by atoms with Crippen LogP contribution in [0.3, 0.4) is 0 Å². The minimum atomic E-state index is -0.435. The van der Waals surface area contributed by atoms with Gasteiger partial charge in [-0.3, -0.25) is 9.38 Å². The van der Waals surface area contributed by atoms with E-state index in [-0.39, 0.29) is 0 Å². The van der Waals surface area contributed by atoms with Crippen LogP contribution < -0.4 is 0 Å². The molecule has 1 spiro atoms. The third-order valence-electron chi connectivity index (χ3n) is 12.5. The van der Waals surface area contributed by atoms with Gasteiger partial charge in [0.1, 0.15) is 16.0 Å². The van der Waals surface area contributed by atoms with Crippen LogP contribution in [-0.2, 0) is 5.41 Å². The van der Waals surface area contributed by atoms with Crippen molar-refractivity contribution in [3.63, 3.8) is 0 Å². The summed E-state index contributed by atoms with van der Waals surface area (Å²) in [6.07, 6.45) is 6.05. The third-order valence-corrected chi connectivity index (χ3v) is 13.7. The largest absolute Gasteiger partial charge is 0.290 e. The second-order valence-corrected chi connectivity index (χ2v) is 16.4. The van der Waals surface area contributed by atoms with Crippen molar-refractivity contribution in [2.75, 3.05) is 0 Å². The van der Waals surface area contributed by atoms with E-state index in [0.717, 1.165) is 16.7 Å². The van der Waals surface area contributed by atoms with Crippen molar-refractivity contribution in [3.8, 4) is 55.6 Å². The monoisotopic (exact) mass is 741 g/mol. The van der Waals surface area contributed by atoms with Gasteiger partial charge < -0.3 is 0 Å². The first-order valence-electron chi connectivity index (χ1n) is 19.5. The molecule has 0 bridgehead atoms. The quantitative estimate of drug-likeness (QED) is 0.180. The summed E-state index contributed by atoms with van der Waals surface area (Å²) in [4.78, 5) is 10.6. The maximum Gasteiger partial charge on any atom is 0.138 e. The molecule has 0 saturated heterocycles. The zero-order chi connectivity index (χ0) is 37.2. The van der Waals surface area contributed by atoms with Crippen molar-refractivity contribution in [2.24, 2.45) is 0 Å². The number of thiophene rings is 1. The van der Waals surface area contributed by atoms with Gasteiger partial charge >= 0.3 is 0 Å². The predicted molar refractivity (Wildman–Crippen MR) is 236 cm³/mol. The van der Waals surface area contributed by atoms with Crippen molar-refractivity contribution in [3.05, 3.63) is 211 Å². The first-order valence-corrected chi connectivity index (χ1v) is 20.3. The summed E-state index contributed by atoms with van der Waals surface area (Å²) in [6, 6.07) is 63.1. The van der Waals surface area contributed by atoms with E-state index in [9.17, 15) is 0 Å². The molecular weight excluding hydrogens is 711 g/mol. The van der Waals surface area contributed by atoms with Gasteiger partial charge in [-0.15, -0.1) is 11.3 Å². The fourth-order valence-electron chi connectivity index (χ4n) is 9.96. The molecule has 0 atom stereocenters. The molecule has 2 aliphatic carbocycles. The van der Waals surface area contributed by atoms with E-state index in [1.807, 2.05) is 18.5 Å². The fourth-order valence-corrected chi connectivity index (χ4v) is 11.1. The Morgan fingerprint density at radius 1 is 0.456 bits per heavy atom. The molecule has 3 nitrogen and oxygen atoms in total. The van der Waals surface area contributed by atoms with E-state index in [0.29, 0.717) is 0 Å². The fraction of sp³-hybridized carbons (Fsp3) is 0.0189. The van der Waals surface area contributed by atoms with E-state index in [2.05, 4.69) is 179 Å². The Bertz CT molecular complexity index is 3440. The summed E-state index contributed by atoms with van der Waals surface area (Å²) in [5, 5.41) is 3.67. The SMILES string of the molecule is c1cncc(-c2ccc3c(c2)C2(c4ccccc4-c4ccccc42)c2cc(-c4ccc5cc(-c6ccc7nc8c9ccccc9sc8n7c6)ccc5c4)ccc2-3)c1. The highest BCUT2D eigenvalue weighted by atomic mass is 32.1. The number of imidazole rings is 1. The van der Waals surface area contributed by atoms with Crippen LogP contribution in [-0.4, -0.2) is 14.4 Å². The molecule has 11 aromatic rings. The molecule has 4 heterocycles. The van der Waals surface area contributed by atoms with Crippen LogP contribution in [0.4, 0.5) is 0 Å². The minimum absolute atomic E-state index is 0.435. The molecule has 0 amide bonds. The number of nitrogens with zero attached hydrogens (tertiary/aromatic N) is 3. The number of benzene rings is 7. The van der Waals surface area contributed by atoms with E-state index in [4.69, 9.17) is 4.98 Å². The van der Waals surface area contributed by atoms with Gasteiger partial charge in [0.2, 0.25) is 0 Å². The molecule has 13 rings (SSSR count). The Hall–Kier alpha value is -7.14. The summed E-state index contributed by atoms with van der Waals surface area (Å²) >= 11 is 1.80. The zero-order valence-corrected chi connectivity index (χ0v) is 31.5. The van der Waals surface area contributed by atoms with E-state index in [1.54, 1.807) is 11.3 Å². The van der Waals surface area contributed by atoms with Crippen LogP contribution >= 0.6 is 11.3 Å². The van der Waals surface area contributed by atoms with E-state index in [1.165, 1.54) is 98.0 Å². The maximum absolute atomic E-state index is 4.99. The maximum atomic E-state index is 4.99. The molecule has 57 heavy (non-hydrogen) atoms. The van der Waals surface area contributed by atoms with Crippen molar-refractivity contribution < 1.29 is 0 Å². The van der Waals surface area contributed by atoms with Crippen molar-refractivity contribution in [1.82, 2.24) is 14.4 Å². The van der Waals surface area contributed by atoms with Gasteiger partial charge in [0.05, 0.1) is 5.41 Å². The highest BCUT2D eigenvalue weighted by Gasteiger charge is 2.51. The van der Waals surface area contributed by atoms with Crippen LogP contribution in [0.25, 0.3) is 92.5 Å². The van der Waals surface area contributed by atoms with Gasteiger partial charge in [-0.25, -0.2) is 4.98 Å². The zero-order valence-electron chi connectivity index (χ0n) is 30.6. The van der Waals surface area contributed by atoms with Crippen LogP contribution in [0.1, 0.15) is 22.3 Å². The Labute approximate surface area is 332 Å². The van der Waals surface area contributed by atoms with Crippen LogP contribution in [0.15, 0.2) is 188 Å². The predicted octanol–water partition coefficient (Wildman–Crippen LogP) is 13.6. The van der Waals surface area contributed by atoms with E-state index < -0.39 is 5.41 Å². The molecule has 0 fully saturated rings. The summed E-state index contributed by atoms with van der Waals surface area (Å²) in [7, 11) is 0. The summed E-state index contributed by atoms with van der Waals surface area (Å²) in [5.74, 6) is 0. The molecule has 0 radical (unpaired) electrons. The molecule has 0 unspecified atom stereocenters. The lowest BCUT2D eigenvalue weighted by atomic mass is 9.70. The molecule has 7 aromatic carbocycles.